The van der Waals surface area contributed by atoms with Gasteiger partial charge in [-0.2, -0.15) is 0 Å². The maximum atomic E-state index is 12.3. The smallest absolute Gasteiger partial charge is 0.306 e. The highest BCUT2D eigenvalue weighted by Gasteiger charge is 2.18. The molecule has 148 valence electrons. The molecule has 3 rings (SSSR count). The molecule has 0 aliphatic heterocycles. The van der Waals surface area contributed by atoms with Crippen molar-refractivity contribution in [1.82, 2.24) is 0 Å². The number of carbonyl (C=O) groups excluding carboxylic acids is 2. The summed E-state index contributed by atoms with van der Waals surface area (Å²) >= 11 is 0. The van der Waals surface area contributed by atoms with Crippen LogP contribution in [0.3, 0.4) is 0 Å². The third kappa shape index (κ3) is 6.50. The van der Waals surface area contributed by atoms with Gasteiger partial charge in [-0.05, 0) is 55.3 Å². The van der Waals surface area contributed by atoms with Crippen LogP contribution < -0.4 is 10.1 Å². The lowest BCUT2D eigenvalue weighted by Gasteiger charge is -2.14. The zero-order chi connectivity index (χ0) is 20.5. The van der Waals surface area contributed by atoms with Crippen molar-refractivity contribution in [1.29, 1.82) is 0 Å². The second kappa shape index (κ2) is 10.1. The topological polar surface area (TPSA) is 64.6 Å². The zero-order valence-electron chi connectivity index (χ0n) is 16.2. The number of hydrogen-bond donors (Lipinski definition) is 1. The van der Waals surface area contributed by atoms with Gasteiger partial charge >= 0.3 is 5.97 Å². The summed E-state index contributed by atoms with van der Waals surface area (Å²) in [6, 6.07) is 26.1. The predicted octanol–water partition coefficient (Wildman–Crippen LogP) is 4.98. The minimum atomic E-state index is -0.876. The van der Waals surface area contributed by atoms with Crippen LogP contribution in [0.25, 0.3) is 0 Å². The number of hydrogen-bond acceptors (Lipinski definition) is 4. The van der Waals surface area contributed by atoms with Gasteiger partial charge in [0, 0.05) is 12.1 Å². The molecule has 0 aliphatic carbocycles. The van der Waals surface area contributed by atoms with Gasteiger partial charge < -0.3 is 14.8 Å². The molecule has 1 N–H and O–H groups in total. The van der Waals surface area contributed by atoms with E-state index in [9.17, 15) is 9.59 Å². The van der Waals surface area contributed by atoms with Crippen LogP contribution in [0.15, 0.2) is 84.9 Å². The summed E-state index contributed by atoms with van der Waals surface area (Å²) in [5.74, 6) is 0.618. The summed E-state index contributed by atoms with van der Waals surface area (Å²) in [6.45, 7) is 1.56. The second-order valence-electron chi connectivity index (χ2n) is 6.55. The first-order valence-corrected chi connectivity index (χ1v) is 9.47. The van der Waals surface area contributed by atoms with E-state index in [1.807, 2.05) is 60.7 Å². The van der Waals surface area contributed by atoms with Gasteiger partial charge in [0.15, 0.2) is 6.10 Å². The lowest BCUT2D eigenvalue weighted by atomic mass is 10.1. The number of para-hydroxylation sites is 1. The van der Waals surface area contributed by atoms with Gasteiger partial charge in [0.2, 0.25) is 0 Å². The number of carbonyl (C=O) groups is 2. The fraction of sp³-hybridized carbons (Fsp3) is 0.167. The van der Waals surface area contributed by atoms with E-state index in [0.29, 0.717) is 17.9 Å². The highest BCUT2D eigenvalue weighted by molar-refractivity contribution is 5.95. The van der Waals surface area contributed by atoms with Gasteiger partial charge in [-0.15, -0.1) is 0 Å². The molecule has 0 bridgehead atoms. The Morgan fingerprint density at radius 3 is 2.07 bits per heavy atom. The molecular formula is C24H23NO4. The summed E-state index contributed by atoms with van der Waals surface area (Å²) in [4.78, 5) is 24.3. The van der Waals surface area contributed by atoms with Crippen LogP contribution >= 0.6 is 0 Å². The van der Waals surface area contributed by atoms with Crippen LogP contribution in [0.5, 0.6) is 11.5 Å². The first-order chi connectivity index (χ1) is 14.1. The lowest BCUT2D eigenvalue weighted by molar-refractivity contribution is -0.153. The van der Waals surface area contributed by atoms with Crippen LogP contribution in [-0.4, -0.2) is 18.0 Å². The standard InChI is InChI=1S/C24H23NO4/c1-18(28-23(26)17-12-19-8-4-2-5-9-19)24(27)25-20-13-15-22(16-14-20)29-21-10-6-3-7-11-21/h2-11,13-16,18H,12,17H2,1H3,(H,25,27)/t18-/m0/s1. The molecule has 5 heteroatoms. The molecule has 0 heterocycles. The summed E-state index contributed by atoms with van der Waals surface area (Å²) in [6.07, 6.45) is -0.0668. The van der Waals surface area contributed by atoms with Crippen LogP contribution in [0.4, 0.5) is 5.69 Å². The van der Waals surface area contributed by atoms with E-state index in [1.165, 1.54) is 0 Å². The second-order valence-corrected chi connectivity index (χ2v) is 6.55. The Hall–Kier alpha value is -3.60. The van der Waals surface area contributed by atoms with Crippen LogP contribution in [0, 0.1) is 0 Å². The number of nitrogens with one attached hydrogen (secondary N) is 1. The first kappa shape index (κ1) is 20.1. The summed E-state index contributed by atoms with van der Waals surface area (Å²) in [5.41, 5.74) is 1.65. The molecule has 0 aromatic heterocycles. The van der Waals surface area contributed by atoms with Crippen LogP contribution in [0.1, 0.15) is 18.9 Å². The van der Waals surface area contributed by atoms with E-state index in [0.717, 1.165) is 11.3 Å². The molecule has 1 amide bonds. The van der Waals surface area contributed by atoms with Crippen molar-refractivity contribution in [2.45, 2.75) is 25.9 Å². The van der Waals surface area contributed by atoms with Crippen molar-refractivity contribution in [2.24, 2.45) is 0 Å². The molecule has 0 aliphatic rings. The monoisotopic (exact) mass is 389 g/mol. The maximum absolute atomic E-state index is 12.3. The number of amides is 1. The number of anilines is 1. The molecule has 5 nitrogen and oxygen atoms in total. The van der Waals surface area contributed by atoms with E-state index < -0.39 is 12.1 Å². The molecule has 0 saturated carbocycles. The average molecular weight is 389 g/mol. The molecular weight excluding hydrogens is 366 g/mol. The third-order valence-corrected chi connectivity index (χ3v) is 4.24. The Balaban J connectivity index is 1.45. The number of benzene rings is 3. The van der Waals surface area contributed by atoms with Gasteiger partial charge in [-0.3, -0.25) is 9.59 Å². The minimum absolute atomic E-state index is 0.229. The third-order valence-electron chi connectivity index (χ3n) is 4.24. The Morgan fingerprint density at radius 1 is 0.828 bits per heavy atom. The van der Waals surface area contributed by atoms with E-state index in [-0.39, 0.29) is 12.3 Å². The molecule has 3 aromatic carbocycles. The minimum Gasteiger partial charge on any atom is -0.457 e. The van der Waals surface area contributed by atoms with Crippen molar-refractivity contribution in [3.8, 4) is 11.5 Å². The van der Waals surface area contributed by atoms with Crippen LogP contribution in [-0.2, 0) is 20.7 Å². The Kier molecular flexibility index (Phi) is 7.00. The predicted molar refractivity (Wildman–Crippen MR) is 112 cm³/mol. The van der Waals surface area contributed by atoms with E-state index in [2.05, 4.69) is 5.32 Å². The lowest BCUT2D eigenvalue weighted by Crippen LogP contribution is -2.30. The number of esters is 1. The summed E-state index contributed by atoms with van der Waals surface area (Å²) in [7, 11) is 0. The normalized spacial score (nSPS) is 11.3. The first-order valence-electron chi connectivity index (χ1n) is 9.47. The Bertz CT molecular complexity index is 924. The fourth-order valence-corrected chi connectivity index (χ4v) is 2.68. The molecule has 0 radical (unpaired) electrons. The molecule has 3 aromatic rings. The van der Waals surface area contributed by atoms with Crippen molar-refractivity contribution in [3.05, 3.63) is 90.5 Å². The highest BCUT2D eigenvalue weighted by atomic mass is 16.5. The number of aryl methyl sites for hydroxylation is 1. The van der Waals surface area contributed by atoms with Crippen molar-refractivity contribution in [3.63, 3.8) is 0 Å². The zero-order valence-corrected chi connectivity index (χ0v) is 16.2. The van der Waals surface area contributed by atoms with Crippen molar-refractivity contribution >= 4 is 17.6 Å². The molecule has 0 saturated heterocycles. The average Bonchev–Trinajstić information content (AvgIpc) is 2.75. The summed E-state index contributed by atoms with van der Waals surface area (Å²) in [5, 5.41) is 2.74. The molecule has 29 heavy (non-hydrogen) atoms. The summed E-state index contributed by atoms with van der Waals surface area (Å²) < 4.78 is 11.0. The van der Waals surface area contributed by atoms with Gasteiger partial charge in [0.25, 0.3) is 5.91 Å². The molecule has 0 fully saturated rings. The molecule has 1 atom stereocenters. The molecule has 0 unspecified atom stereocenters. The quantitative estimate of drug-likeness (QED) is 0.552. The van der Waals surface area contributed by atoms with Crippen molar-refractivity contribution in [2.75, 3.05) is 5.32 Å². The Morgan fingerprint density at radius 2 is 1.41 bits per heavy atom. The van der Waals surface area contributed by atoms with Crippen molar-refractivity contribution < 1.29 is 19.1 Å². The van der Waals surface area contributed by atoms with E-state index >= 15 is 0 Å². The molecule has 0 spiro atoms. The highest BCUT2D eigenvalue weighted by Crippen LogP contribution is 2.22. The van der Waals surface area contributed by atoms with Gasteiger partial charge in [-0.25, -0.2) is 0 Å². The van der Waals surface area contributed by atoms with E-state index in [1.54, 1.807) is 31.2 Å². The maximum Gasteiger partial charge on any atom is 0.306 e. The van der Waals surface area contributed by atoms with E-state index in [4.69, 9.17) is 9.47 Å². The largest absolute Gasteiger partial charge is 0.457 e. The van der Waals surface area contributed by atoms with Gasteiger partial charge in [0.1, 0.15) is 11.5 Å². The Labute approximate surface area is 170 Å². The van der Waals surface area contributed by atoms with Gasteiger partial charge in [-0.1, -0.05) is 48.5 Å². The number of rotatable bonds is 8. The SMILES string of the molecule is C[C@H](OC(=O)CCc1ccccc1)C(=O)Nc1ccc(Oc2ccccc2)cc1. The number of ether oxygens (including phenoxy) is 2. The van der Waals surface area contributed by atoms with Gasteiger partial charge in [0.05, 0.1) is 0 Å². The fourth-order valence-electron chi connectivity index (χ4n) is 2.68. The van der Waals surface area contributed by atoms with Crippen LogP contribution in [0.2, 0.25) is 0 Å².